The van der Waals surface area contributed by atoms with Crippen LogP contribution in [-0.2, 0) is 21.2 Å². The standard InChI is InChI=1S/C13H20N2O3S/c1-3-7-19(17,18)10(2)13(16)15-12-6-4-5-11(8-12)9-14/h4-6,8,10H,3,7,9,14H2,1-2H3,(H,15,16). The van der Waals surface area contributed by atoms with Crippen molar-refractivity contribution in [3.63, 3.8) is 0 Å². The first-order valence-electron chi connectivity index (χ1n) is 6.22. The zero-order chi connectivity index (χ0) is 14.5. The summed E-state index contributed by atoms with van der Waals surface area (Å²) in [7, 11) is -3.38. The SMILES string of the molecule is CCCS(=O)(=O)C(C)C(=O)Nc1cccc(CN)c1. The van der Waals surface area contributed by atoms with Gasteiger partial charge in [0.1, 0.15) is 5.25 Å². The molecule has 0 spiro atoms. The van der Waals surface area contributed by atoms with Gasteiger partial charge in [-0.3, -0.25) is 4.79 Å². The van der Waals surface area contributed by atoms with Gasteiger partial charge in [0, 0.05) is 12.2 Å². The van der Waals surface area contributed by atoms with E-state index in [0.29, 0.717) is 18.7 Å². The largest absolute Gasteiger partial charge is 0.326 e. The van der Waals surface area contributed by atoms with Crippen molar-refractivity contribution in [2.75, 3.05) is 11.1 Å². The van der Waals surface area contributed by atoms with Gasteiger partial charge in [-0.2, -0.15) is 0 Å². The van der Waals surface area contributed by atoms with Gasteiger partial charge in [-0.1, -0.05) is 19.1 Å². The van der Waals surface area contributed by atoms with E-state index in [-0.39, 0.29) is 5.75 Å². The minimum Gasteiger partial charge on any atom is -0.326 e. The Morgan fingerprint density at radius 3 is 2.68 bits per heavy atom. The lowest BCUT2D eigenvalue weighted by molar-refractivity contribution is -0.115. The summed E-state index contributed by atoms with van der Waals surface area (Å²) in [5, 5.41) is 1.56. The van der Waals surface area contributed by atoms with Crippen LogP contribution in [0.2, 0.25) is 0 Å². The highest BCUT2D eigenvalue weighted by molar-refractivity contribution is 7.92. The molecule has 0 aliphatic heterocycles. The number of amides is 1. The van der Waals surface area contributed by atoms with E-state index in [4.69, 9.17) is 5.73 Å². The molecule has 5 nitrogen and oxygen atoms in total. The van der Waals surface area contributed by atoms with Crippen LogP contribution in [-0.4, -0.2) is 25.3 Å². The summed E-state index contributed by atoms with van der Waals surface area (Å²) in [6, 6.07) is 7.04. The molecule has 1 unspecified atom stereocenters. The molecule has 6 heteroatoms. The molecule has 0 saturated heterocycles. The fourth-order valence-corrected chi connectivity index (χ4v) is 2.95. The normalized spacial score (nSPS) is 13.0. The van der Waals surface area contributed by atoms with E-state index in [1.54, 1.807) is 25.1 Å². The van der Waals surface area contributed by atoms with E-state index in [0.717, 1.165) is 5.56 Å². The van der Waals surface area contributed by atoms with Crippen LogP contribution in [0, 0.1) is 0 Å². The Labute approximate surface area is 114 Å². The molecule has 1 rings (SSSR count). The number of benzene rings is 1. The van der Waals surface area contributed by atoms with E-state index >= 15 is 0 Å². The van der Waals surface area contributed by atoms with Crippen LogP contribution in [0.3, 0.4) is 0 Å². The van der Waals surface area contributed by atoms with Crippen molar-refractivity contribution in [2.24, 2.45) is 5.73 Å². The molecule has 0 heterocycles. The smallest absolute Gasteiger partial charge is 0.242 e. The topological polar surface area (TPSA) is 89.3 Å². The lowest BCUT2D eigenvalue weighted by atomic mass is 10.2. The Morgan fingerprint density at radius 2 is 2.11 bits per heavy atom. The number of hydrogen-bond donors (Lipinski definition) is 2. The molecule has 3 N–H and O–H groups in total. The average Bonchev–Trinajstić information content (AvgIpc) is 2.38. The predicted octanol–water partition coefficient (Wildman–Crippen LogP) is 1.30. The van der Waals surface area contributed by atoms with Crippen LogP contribution < -0.4 is 11.1 Å². The highest BCUT2D eigenvalue weighted by Gasteiger charge is 2.26. The zero-order valence-corrected chi connectivity index (χ0v) is 12.0. The quantitative estimate of drug-likeness (QED) is 0.824. The Balaban J connectivity index is 2.79. The number of hydrogen-bond acceptors (Lipinski definition) is 4. The third-order valence-electron chi connectivity index (χ3n) is 2.83. The second kappa shape index (κ2) is 6.68. The van der Waals surface area contributed by atoms with Gasteiger partial charge in [0.25, 0.3) is 0 Å². The molecular formula is C13H20N2O3S. The molecule has 0 saturated carbocycles. The van der Waals surface area contributed by atoms with Gasteiger partial charge in [0.05, 0.1) is 5.75 Å². The van der Waals surface area contributed by atoms with Crippen LogP contribution in [0.15, 0.2) is 24.3 Å². The molecule has 0 aromatic heterocycles. The fourth-order valence-electron chi connectivity index (χ4n) is 1.64. The molecule has 1 amide bonds. The minimum atomic E-state index is -3.38. The fraction of sp³-hybridized carbons (Fsp3) is 0.462. The van der Waals surface area contributed by atoms with Crippen LogP contribution in [0.1, 0.15) is 25.8 Å². The highest BCUT2D eigenvalue weighted by Crippen LogP contribution is 2.12. The summed E-state index contributed by atoms with van der Waals surface area (Å²) in [6.45, 7) is 3.55. The lowest BCUT2D eigenvalue weighted by Crippen LogP contribution is -2.34. The maximum absolute atomic E-state index is 11.9. The van der Waals surface area contributed by atoms with Crippen LogP contribution in [0.4, 0.5) is 5.69 Å². The number of carbonyl (C=O) groups is 1. The van der Waals surface area contributed by atoms with E-state index in [1.165, 1.54) is 6.92 Å². The number of rotatable bonds is 6. The van der Waals surface area contributed by atoms with Crippen molar-refractivity contribution >= 4 is 21.4 Å². The number of sulfone groups is 1. The van der Waals surface area contributed by atoms with E-state index in [2.05, 4.69) is 5.32 Å². The Kier molecular flexibility index (Phi) is 5.50. The molecule has 1 atom stereocenters. The molecule has 19 heavy (non-hydrogen) atoms. The first kappa shape index (κ1) is 15.7. The third-order valence-corrected chi connectivity index (χ3v) is 5.10. The summed E-state index contributed by atoms with van der Waals surface area (Å²) in [4.78, 5) is 11.9. The Bertz CT molecular complexity index is 541. The van der Waals surface area contributed by atoms with E-state index < -0.39 is 21.0 Å². The van der Waals surface area contributed by atoms with Gasteiger partial charge in [-0.15, -0.1) is 0 Å². The molecule has 0 aliphatic rings. The van der Waals surface area contributed by atoms with Gasteiger partial charge in [-0.05, 0) is 31.0 Å². The highest BCUT2D eigenvalue weighted by atomic mass is 32.2. The first-order valence-corrected chi connectivity index (χ1v) is 7.93. The molecule has 0 aliphatic carbocycles. The minimum absolute atomic E-state index is 0.0183. The van der Waals surface area contributed by atoms with E-state index in [1.807, 2.05) is 6.07 Å². The van der Waals surface area contributed by atoms with Crippen molar-refractivity contribution in [1.82, 2.24) is 0 Å². The maximum Gasteiger partial charge on any atom is 0.242 e. The van der Waals surface area contributed by atoms with Crippen molar-refractivity contribution in [1.29, 1.82) is 0 Å². The second-order valence-electron chi connectivity index (χ2n) is 4.40. The van der Waals surface area contributed by atoms with Gasteiger partial charge in [-0.25, -0.2) is 8.42 Å². The van der Waals surface area contributed by atoms with Gasteiger partial charge in [0.15, 0.2) is 9.84 Å². The molecule has 1 aromatic carbocycles. The lowest BCUT2D eigenvalue weighted by Gasteiger charge is -2.13. The summed E-state index contributed by atoms with van der Waals surface area (Å²) < 4.78 is 23.6. The molecule has 0 bridgehead atoms. The van der Waals surface area contributed by atoms with Crippen molar-refractivity contribution in [2.45, 2.75) is 32.1 Å². The van der Waals surface area contributed by atoms with Crippen molar-refractivity contribution < 1.29 is 13.2 Å². The van der Waals surface area contributed by atoms with Crippen molar-refractivity contribution in [3.05, 3.63) is 29.8 Å². The summed E-state index contributed by atoms with van der Waals surface area (Å²) >= 11 is 0. The summed E-state index contributed by atoms with van der Waals surface area (Å²) in [5.41, 5.74) is 6.95. The van der Waals surface area contributed by atoms with Crippen LogP contribution in [0.5, 0.6) is 0 Å². The van der Waals surface area contributed by atoms with Crippen LogP contribution >= 0.6 is 0 Å². The van der Waals surface area contributed by atoms with E-state index in [9.17, 15) is 13.2 Å². The molecule has 0 radical (unpaired) electrons. The maximum atomic E-state index is 11.9. The second-order valence-corrected chi connectivity index (χ2v) is 6.84. The number of carbonyl (C=O) groups excluding carboxylic acids is 1. The third kappa shape index (κ3) is 4.33. The average molecular weight is 284 g/mol. The molecule has 0 fully saturated rings. The molecule has 1 aromatic rings. The van der Waals surface area contributed by atoms with Crippen molar-refractivity contribution in [3.8, 4) is 0 Å². The Hall–Kier alpha value is -1.40. The predicted molar refractivity (Wildman–Crippen MR) is 76.5 cm³/mol. The van der Waals surface area contributed by atoms with Gasteiger partial charge >= 0.3 is 0 Å². The van der Waals surface area contributed by atoms with Crippen LogP contribution in [0.25, 0.3) is 0 Å². The zero-order valence-electron chi connectivity index (χ0n) is 11.2. The molecular weight excluding hydrogens is 264 g/mol. The number of nitrogens with one attached hydrogen (secondary N) is 1. The Morgan fingerprint density at radius 1 is 1.42 bits per heavy atom. The molecule has 106 valence electrons. The monoisotopic (exact) mass is 284 g/mol. The number of anilines is 1. The van der Waals surface area contributed by atoms with Gasteiger partial charge in [0.2, 0.25) is 5.91 Å². The first-order chi connectivity index (χ1) is 8.90. The van der Waals surface area contributed by atoms with Gasteiger partial charge < -0.3 is 11.1 Å². The summed E-state index contributed by atoms with van der Waals surface area (Å²) in [5.74, 6) is -0.493. The summed E-state index contributed by atoms with van der Waals surface area (Å²) in [6.07, 6.45) is 0.503. The number of nitrogens with two attached hydrogens (primary N) is 1.